The number of nitro groups is 1. The van der Waals surface area contributed by atoms with Gasteiger partial charge in [0.05, 0.1) is 17.1 Å². The molecule has 0 aromatic heterocycles. The minimum Gasteiger partial charge on any atom is -0.465 e. The van der Waals surface area contributed by atoms with Crippen molar-refractivity contribution in [2.24, 2.45) is 0 Å². The van der Waals surface area contributed by atoms with E-state index >= 15 is 0 Å². The number of esters is 1. The van der Waals surface area contributed by atoms with Crippen molar-refractivity contribution in [2.75, 3.05) is 7.11 Å². The molecule has 0 spiro atoms. The number of nitro benzene ring substituents is 1. The van der Waals surface area contributed by atoms with Gasteiger partial charge >= 0.3 is 5.97 Å². The van der Waals surface area contributed by atoms with E-state index in [1.807, 2.05) is 0 Å². The highest BCUT2D eigenvalue weighted by Crippen LogP contribution is 2.25. The average molecular weight is 234 g/mol. The Morgan fingerprint density at radius 2 is 2.20 bits per heavy atom. The molecule has 7 heteroatoms. The largest absolute Gasteiger partial charge is 0.465 e. The summed E-state index contributed by atoms with van der Waals surface area (Å²) in [6.07, 6.45) is 0. The molecule has 0 saturated heterocycles. The maximum absolute atomic E-state index is 13.2. The van der Waals surface area contributed by atoms with Crippen molar-refractivity contribution in [3.63, 3.8) is 0 Å². The van der Waals surface area contributed by atoms with Crippen LogP contribution in [-0.2, 0) is 4.74 Å². The molecule has 0 saturated carbocycles. The fraction of sp³-hybridized carbons (Fsp3) is 0.125. The summed E-state index contributed by atoms with van der Waals surface area (Å²) in [5.41, 5.74) is -1.03. The summed E-state index contributed by atoms with van der Waals surface area (Å²) in [6.45, 7) is 0. The number of carbonyl (C=O) groups excluding carboxylic acids is 1. The Bertz CT molecular complexity index is 435. The van der Waals surface area contributed by atoms with Gasteiger partial charge in [0.2, 0.25) is 0 Å². The summed E-state index contributed by atoms with van der Waals surface area (Å²) in [5.74, 6) is -2.05. The van der Waals surface area contributed by atoms with Crippen molar-refractivity contribution in [1.82, 2.24) is 0 Å². The van der Waals surface area contributed by atoms with Crippen molar-refractivity contribution in [2.45, 2.75) is 0 Å². The Morgan fingerprint density at radius 1 is 1.60 bits per heavy atom. The lowest BCUT2D eigenvalue weighted by atomic mass is 10.2. The molecule has 0 aliphatic rings. The van der Waals surface area contributed by atoms with Crippen LogP contribution in [0.2, 0.25) is 5.02 Å². The molecule has 0 aliphatic heterocycles. The normalized spacial score (nSPS) is 9.80. The number of non-ortho nitro benzene ring substituents is 1. The van der Waals surface area contributed by atoms with E-state index in [0.29, 0.717) is 0 Å². The number of ether oxygens (including phenoxy) is 1. The molecule has 1 aromatic rings. The fourth-order valence-electron chi connectivity index (χ4n) is 0.939. The Hall–Kier alpha value is -1.69. The highest BCUT2D eigenvalue weighted by Gasteiger charge is 2.20. The maximum atomic E-state index is 13.2. The van der Waals surface area contributed by atoms with E-state index < -0.39 is 33.0 Å². The Balaban J connectivity index is 3.37. The van der Waals surface area contributed by atoms with Crippen LogP contribution in [0.5, 0.6) is 0 Å². The summed E-state index contributed by atoms with van der Waals surface area (Å²) in [6, 6.07) is 1.59. The zero-order chi connectivity index (χ0) is 11.6. The van der Waals surface area contributed by atoms with Gasteiger partial charge in [-0.15, -0.1) is 0 Å². The predicted octanol–water partition coefficient (Wildman–Crippen LogP) is 2.17. The van der Waals surface area contributed by atoms with Crippen molar-refractivity contribution in [1.29, 1.82) is 0 Å². The monoisotopic (exact) mass is 233 g/mol. The summed E-state index contributed by atoms with van der Waals surface area (Å²) < 4.78 is 17.5. The van der Waals surface area contributed by atoms with Gasteiger partial charge in [-0.3, -0.25) is 10.1 Å². The van der Waals surface area contributed by atoms with Crippen LogP contribution in [0.1, 0.15) is 10.4 Å². The topological polar surface area (TPSA) is 69.4 Å². The molecule has 0 bridgehead atoms. The van der Waals surface area contributed by atoms with E-state index in [2.05, 4.69) is 4.74 Å². The smallest absolute Gasteiger partial charge is 0.341 e. The number of hydrogen-bond donors (Lipinski definition) is 0. The van der Waals surface area contributed by atoms with Crippen LogP contribution >= 0.6 is 11.6 Å². The minimum atomic E-state index is -1.03. The van der Waals surface area contributed by atoms with Gasteiger partial charge < -0.3 is 4.74 Å². The maximum Gasteiger partial charge on any atom is 0.341 e. The highest BCUT2D eigenvalue weighted by molar-refractivity contribution is 6.31. The second kappa shape index (κ2) is 4.22. The van der Waals surface area contributed by atoms with Gasteiger partial charge in [0.25, 0.3) is 5.69 Å². The van der Waals surface area contributed by atoms with E-state index in [1.54, 1.807) is 0 Å². The van der Waals surface area contributed by atoms with Gasteiger partial charge in [-0.25, -0.2) is 9.18 Å². The number of methoxy groups -OCH3 is 1. The van der Waals surface area contributed by atoms with E-state index in [-0.39, 0.29) is 0 Å². The van der Waals surface area contributed by atoms with E-state index in [0.717, 1.165) is 19.2 Å². The second-order valence-electron chi connectivity index (χ2n) is 2.54. The molecule has 0 fully saturated rings. The van der Waals surface area contributed by atoms with Crippen LogP contribution in [0.25, 0.3) is 0 Å². The number of rotatable bonds is 2. The van der Waals surface area contributed by atoms with Crippen LogP contribution in [0.4, 0.5) is 10.1 Å². The molecule has 1 aromatic carbocycles. The van der Waals surface area contributed by atoms with Crippen LogP contribution in [0.15, 0.2) is 12.1 Å². The van der Waals surface area contributed by atoms with Gasteiger partial charge in [-0.05, 0) is 0 Å². The third kappa shape index (κ3) is 2.21. The lowest BCUT2D eigenvalue weighted by Gasteiger charge is -2.02. The second-order valence-corrected chi connectivity index (χ2v) is 2.95. The Labute approximate surface area is 88.6 Å². The summed E-state index contributed by atoms with van der Waals surface area (Å²) in [4.78, 5) is 20.6. The van der Waals surface area contributed by atoms with Gasteiger partial charge in [0.15, 0.2) is 5.82 Å². The predicted molar refractivity (Wildman–Crippen MR) is 49.4 cm³/mol. The molecule has 0 N–H and O–H groups in total. The molecule has 0 atom stereocenters. The Morgan fingerprint density at radius 3 is 2.67 bits per heavy atom. The van der Waals surface area contributed by atoms with Crippen LogP contribution in [0, 0.1) is 15.9 Å². The fourth-order valence-corrected chi connectivity index (χ4v) is 1.15. The molecular formula is C8H5ClFNO4. The lowest BCUT2D eigenvalue weighted by Crippen LogP contribution is -2.06. The quantitative estimate of drug-likeness (QED) is 0.446. The SMILES string of the molecule is COC(=O)c1cc([N+](=O)[O-])cc(Cl)c1F. The molecule has 0 amide bonds. The molecule has 0 aliphatic carbocycles. The summed E-state index contributed by atoms with van der Waals surface area (Å²) in [7, 11) is 1.04. The van der Waals surface area contributed by atoms with Crippen molar-refractivity contribution >= 4 is 23.3 Å². The summed E-state index contributed by atoms with van der Waals surface area (Å²) >= 11 is 5.38. The van der Waals surface area contributed by atoms with Crippen molar-refractivity contribution in [3.05, 3.63) is 38.7 Å². The lowest BCUT2D eigenvalue weighted by molar-refractivity contribution is -0.384. The third-order valence-electron chi connectivity index (χ3n) is 1.63. The first-order chi connectivity index (χ1) is 6.97. The zero-order valence-corrected chi connectivity index (χ0v) is 8.25. The molecule has 15 heavy (non-hydrogen) atoms. The first-order valence-electron chi connectivity index (χ1n) is 3.69. The molecule has 0 heterocycles. The highest BCUT2D eigenvalue weighted by atomic mass is 35.5. The Kier molecular flexibility index (Phi) is 3.21. The molecule has 80 valence electrons. The molecular weight excluding hydrogens is 229 g/mol. The van der Waals surface area contributed by atoms with Crippen LogP contribution < -0.4 is 0 Å². The molecule has 0 unspecified atom stereocenters. The van der Waals surface area contributed by atoms with Gasteiger partial charge in [0.1, 0.15) is 5.56 Å². The standard InChI is InChI=1S/C8H5ClFNO4/c1-15-8(12)5-2-4(11(13)14)3-6(9)7(5)10/h2-3H,1H3. The molecule has 0 radical (unpaired) electrons. The third-order valence-corrected chi connectivity index (χ3v) is 1.90. The van der Waals surface area contributed by atoms with Gasteiger partial charge in [0, 0.05) is 12.1 Å². The van der Waals surface area contributed by atoms with Crippen molar-refractivity contribution < 1.29 is 18.8 Å². The number of benzene rings is 1. The summed E-state index contributed by atoms with van der Waals surface area (Å²) in [5, 5.41) is 9.90. The van der Waals surface area contributed by atoms with E-state index in [1.165, 1.54) is 0 Å². The molecule has 1 rings (SSSR count). The van der Waals surface area contributed by atoms with Gasteiger partial charge in [-0.2, -0.15) is 0 Å². The average Bonchev–Trinajstić information content (AvgIpc) is 2.20. The van der Waals surface area contributed by atoms with Gasteiger partial charge in [-0.1, -0.05) is 11.6 Å². The number of halogens is 2. The first kappa shape index (κ1) is 11.4. The molecule has 5 nitrogen and oxygen atoms in total. The van der Waals surface area contributed by atoms with Crippen LogP contribution in [-0.4, -0.2) is 18.0 Å². The van der Waals surface area contributed by atoms with E-state index in [9.17, 15) is 19.3 Å². The number of nitrogens with zero attached hydrogens (tertiary/aromatic N) is 1. The zero-order valence-electron chi connectivity index (χ0n) is 7.49. The van der Waals surface area contributed by atoms with E-state index in [4.69, 9.17) is 11.6 Å². The van der Waals surface area contributed by atoms with Crippen LogP contribution in [0.3, 0.4) is 0 Å². The number of hydrogen-bond acceptors (Lipinski definition) is 4. The number of carbonyl (C=O) groups is 1. The van der Waals surface area contributed by atoms with Crippen molar-refractivity contribution in [3.8, 4) is 0 Å². The minimum absolute atomic E-state index is 0.471. The first-order valence-corrected chi connectivity index (χ1v) is 4.07.